The van der Waals surface area contributed by atoms with Crippen molar-refractivity contribution in [2.75, 3.05) is 0 Å². The molecule has 1 heterocycles. The van der Waals surface area contributed by atoms with Gasteiger partial charge >= 0.3 is 0 Å². The Labute approximate surface area is 84.7 Å². The Bertz CT molecular complexity index is 283. The zero-order valence-electron chi connectivity index (χ0n) is 9.13. The van der Waals surface area contributed by atoms with Crippen LogP contribution in [0.1, 0.15) is 27.7 Å². The average molecular weight is 194 g/mol. The van der Waals surface area contributed by atoms with Gasteiger partial charge in [-0.3, -0.25) is 4.79 Å². The number of hydroxylamine groups is 2. The van der Waals surface area contributed by atoms with Crippen molar-refractivity contribution < 1.29 is 10.0 Å². The zero-order valence-corrected chi connectivity index (χ0v) is 9.13. The minimum Gasteiger partial charge on any atom is -0.298 e. The molecule has 3 heteroatoms. The van der Waals surface area contributed by atoms with Crippen LogP contribution in [-0.2, 0) is 10.0 Å². The molecule has 1 radical (unpaired) electrons. The van der Waals surface area contributed by atoms with Gasteiger partial charge in [0.15, 0.2) is 0 Å². The first-order chi connectivity index (χ1) is 6.30. The number of hydrogen-bond acceptors (Lipinski definition) is 2. The molecule has 0 aromatic heterocycles. The van der Waals surface area contributed by atoms with Crippen molar-refractivity contribution in [2.45, 2.75) is 38.8 Å². The standard InChI is InChI=1S/C11H16NO2/c1-6-8-9(7-13)11(4,5)12(14)10(8,2)3/h6-7H,1H2,2-5H3. The van der Waals surface area contributed by atoms with Crippen LogP contribution in [0.5, 0.6) is 0 Å². The van der Waals surface area contributed by atoms with E-state index in [1.807, 2.05) is 0 Å². The van der Waals surface area contributed by atoms with Crippen molar-refractivity contribution in [3.8, 4) is 0 Å². The van der Waals surface area contributed by atoms with Gasteiger partial charge in [-0.15, -0.1) is 10.3 Å². The second-order valence-corrected chi connectivity index (χ2v) is 4.56. The predicted octanol–water partition coefficient (Wildman–Crippen LogP) is 1.89. The van der Waals surface area contributed by atoms with E-state index in [1.54, 1.807) is 33.8 Å². The molecule has 0 atom stereocenters. The molecule has 0 saturated heterocycles. The van der Waals surface area contributed by atoms with Gasteiger partial charge in [-0.05, 0) is 33.3 Å². The van der Waals surface area contributed by atoms with Crippen molar-refractivity contribution >= 4 is 6.29 Å². The fourth-order valence-electron chi connectivity index (χ4n) is 2.14. The van der Waals surface area contributed by atoms with E-state index < -0.39 is 11.1 Å². The van der Waals surface area contributed by atoms with Gasteiger partial charge in [-0.1, -0.05) is 12.7 Å². The second kappa shape index (κ2) is 3.04. The van der Waals surface area contributed by atoms with Crippen LogP contribution in [0.15, 0.2) is 23.8 Å². The highest BCUT2D eigenvalue weighted by atomic mass is 16.5. The van der Waals surface area contributed by atoms with Crippen LogP contribution in [0.4, 0.5) is 0 Å². The van der Waals surface area contributed by atoms with E-state index in [-0.39, 0.29) is 0 Å². The maximum Gasteiger partial charge on any atom is 0.148 e. The molecule has 0 N–H and O–H groups in total. The summed E-state index contributed by atoms with van der Waals surface area (Å²) in [5.41, 5.74) is -0.156. The highest BCUT2D eigenvalue weighted by Gasteiger charge is 2.50. The highest BCUT2D eigenvalue weighted by molar-refractivity contribution is 5.81. The zero-order chi connectivity index (χ0) is 11.1. The topological polar surface area (TPSA) is 40.2 Å². The fraction of sp³-hybridized carbons (Fsp3) is 0.545. The molecule has 0 bridgehead atoms. The van der Waals surface area contributed by atoms with Crippen molar-refractivity contribution in [3.05, 3.63) is 23.8 Å². The molecule has 1 aliphatic heterocycles. The summed E-state index contributed by atoms with van der Waals surface area (Å²) in [4.78, 5) is 11.0. The number of hydrogen-bond donors (Lipinski definition) is 0. The van der Waals surface area contributed by atoms with Crippen molar-refractivity contribution in [1.29, 1.82) is 0 Å². The molecule has 0 aromatic carbocycles. The Balaban J connectivity index is 3.42. The summed E-state index contributed by atoms with van der Waals surface area (Å²) < 4.78 is 0. The van der Waals surface area contributed by atoms with E-state index in [1.165, 1.54) is 0 Å². The van der Waals surface area contributed by atoms with Crippen LogP contribution >= 0.6 is 0 Å². The Kier molecular flexibility index (Phi) is 2.42. The number of carbonyl (C=O) groups is 1. The fourth-order valence-corrected chi connectivity index (χ4v) is 2.14. The van der Waals surface area contributed by atoms with E-state index in [9.17, 15) is 10.0 Å². The molecule has 0 aliphatic carbocycles. The Hall–Kier alpha value is -0.930. The third kappa shape index (κ3) is 1.16. The van der Waals surface area contributed by atoms with E-state index >= 15 is 0 Å². The maximum absolute atomic E-state index is 12.0. The van der Waals surface area contributed by atoms with Crippen molar-refractivity contribution in [2.24, 2.45) is 0 Å². The van der Waals surface area contributed by atoms with Gasteiger partial charge in [-0.2, -0.15) is 0 Å². The van der Waals surface area contributed by atoms with Gasteiger partial charge in [0.2, 0.25) is 0 Å². The lowest BCUT2D eigenvalue weighted by Gasteiger charge is -2.33. The first-order valence-electron chi connectivity index (χ1n) is 4.60. The van der Waals surface area contributed by atoms with Gasteiger partial charge in [0.05, 0.1) is 11.1 Å². The Morgan fingerprint density at radius 1 is 1.14 bits per heavy atom. The van der Waals surface area contributed by atoms with Gasteiger partial charge in [0.25, 0.3) is 0 Å². The lowest BCUT2D eigenvalue weighted by atomic mass is 9.91. The molecule has 0 amide bonds. The molecular formula is C11H16NO2. The maximum atomic E-state index is 12.0. The Morgan fingerprint density at radius 2 is 1.57 bits per heavy atom. The lowest BCUT2D eigenvalue weighted by molar-refractivity contribution is -0.239. The first kappa shape index (κ1) is 11.1. The molecule has 0 saturated carbocycles. The van der Waals surface area contributed by atoms with Crippen LogP contribution in [0.25, 0.3) is 0 Å². The molecule has 77 valence electrons. The number of aldehydes is 1. The number of carbonyl (C=O) groups excluding carboxylic acids is 1. The molecule has 14 heavy (non-hydrogen) atoms. The van der Waals surface area contributed by atoms with E-state index in [4.69, 9.17) is 0 Å². The van der Waals surface area contributed by atoms with E-state index in [0.717, 1.165) is 16.9 Å². The van der Waals surface area contributed by atoms with E-state index in [2.05, 4.69) is 6.58 Å². The van der Waals surface area contributed by atoms with Gasteiger partial charge in [0.1, 0.15) is 6.29 Å². The van der Waals surface area contributed by atoms with Crippen LogP contribution in [0.3, 0.4) is 0 Å². The van der Waals surface area contributed by atoms with Crippen molar-refractivity contribution in [1.82, 2.24) is 5.06 Å². The first-order valence-corrected chi connectivity index (χ1v) is 4.60. The lowest BCUT2D eigenvalue weighted by Crippen LogP contribution is -2.47. The highest BCUT2D eigenvalue weighted by Crippen LogP contribution is 2.43. The predicted molar refractivity (Wildman–Crippen MR) is 54.0 cm³/mol. The summed E-state index contributed by atoms with van der Waals surface area (Å²) in [5, 5.41) is 12.9. The summed E-state index contributed by atoms with van der Waals surface area (Å²) >= 11 is 0. The molecule has 0 aromatic rings. The normalized spacial score (nSPS) is 25.2. The van der Waals surface area contributed by atoms with Gasteiger partial charge in [0, 0.05) is 5.57 Å². The van der Waals surface area contributed by atoms with Gasteiger partial charge in [-0.25, -0.2) is 0 Å². The minimum absolute atomic E-state index is 0.535. The smallest absolute Gasteiger partial charge is 0.148 e. The number of rotatable bonds is 2. The summed E-state index contributed by atoms with van der Waals surface area (Å²) in [6, 6.07) is 0. The van der Waals surface area contributed by atoms with Crippen LogP contribution in [0.2, 0.25) is 0 Å². The van der Waals surface area contributed by atoms with Gasteiger partial charge < -0.3 is 0 Å². The number of nitrogens with zero attached hydrogens (tertiary/aromatic N) is 1. The second-order valence-electron chi connectivity index (χ2n) is 4.56. The van der Waals surface area contributed by atoms with Crippen LogP contribution in [0, 0.1) is 0 Å². The molecule has 0 fully saturated rings. The van der Waals surface area contributed by atoms with Crippen molar-refractivity contribution in [3.63, 3.8) is 0 Å². The minimum atomic E-state index is -0.755. The average Bonchev–Trinajstić information content (AvgIpc) is 2.22. The summed E-state index contributed by atoms with van der Waals surface area (Å²) in [5.74, 6) is 0. The molecule has 1 rings (SSSR count). The molecule has 3 nitrogen and oxygen atoms in total. The third-order valence-corrected chi connectivity index (χ3v) is 2.95. The quantitative estimate of drug-likeness (QED) is 0.630. The molecule has 1 aliphatic rings. The van der Waals surface area contributed by atoms with Crippen LogP contribution in [-0.4, -0.2) is 22.4 Å². The van der Waals surface area contributed by atoms with Crippen LogP contribution < -0.4 is 0 Å². The monoisotopic (exact) mass is 194 g/mol. The van der Waals surface area contributed by atoms with E-state index in [0.29, 0.717) is 5.57 Å². The third-order valence-electron chi connectivity index (χ3n) is 2.95. The summed E-state index contributed by atoms with van der Waals surface area (Å²) in [7, 11) is 0. The molecule has 0 unspecified atom stereocenters. The Morgan fingerprint density at radius 3 is 1.86 bits per heavy atom. The largest absolute Gasteiger partial charge is 0.298 e. The summed E-state index contributed by atoms with van der Waals surface area (Å²) in [6.45, 7) is 10.8. The SMILES string of the molecule is C=CC1=C(C=O)C(C)(C)N([O])C1(C)C. The molecular weight excluding hydrogens is 178 g/mol. The summed E-state index contributed by atoms with van der Waals surface area (Å²) in [6.07, 6.45) is 2.36. The molecule has 0 spiro atoms.